The van der Waals surface area contributed by atoms with Crippen LogP contribution >= 0.6 is 0 Å². The first-order valence-electron chi connectivity index (χ1n) is 11.6. The molecule has 0 aliphatic carbocycles. The zero-order chi connectivity index (χ0) is 25.8. The molecule has 4 aromatic rings. The zero-order valence-electron chi connectivity index (χ0n) is 20.8. The summed E-state index contributed by atoms with van der Waals surface area (Å²) in [6.07, 6.45) is 3.13. The van der Waals surface area contributed by atoms with Gasteiger partial charge in [-0.25, -0.2) is 14.1 Å². The summed E-state index contributed by atoms with van der Waals surface area (Å²) < 4.78 is 18.8. The van der Waals surface area contributed by atoms with Gasteiger partial charge in [0.05, 0.1) is 30.4 Å². The van der Waals surface area contributed by atoms with Crippen molar-refractivity contribution in [1.29, 1.82) is 0 Å². The van der Waals surface area contributed by atoms with Crippen molar-refractivity contribution < 1.29 is 28.9 Å². The summed E-state index contributed by atoms with van der Waals surface area (Å²) in [5.74, 6) is -0.970. The molecule has 0 saturated carbocycles. The number of carbonyl (C=O) groups excluding carboxylic acids is 1. The summed E-state index contributed by atoms with van der Waals surface area (Å²) in [4.78, 5) is 29.6. The highest BCUT2D eigenvalue weighted by atomic mass is 16.6. The molecule has 1 N–H and O–H groups in total. The number of aromatic carboxylic acids is 1. The number of aromatic nitrogens is 3. The van der Waals surface area contributed by atoms with E-state index in [1.54, 1.807) is 12.4 Å². The molecule has 3 aromatic heterocycles. The van der Waals surface area contributed by atoms with Gasteiger partial charge in [-0.2, -0.15) is 5.10 Å². The van der Waals surface area contributed by atoms with Crippen molar-refractivity contribution in [2.24, 2.45) is 0 Å². The number of esters is 1. The SMILES string of the molecule is COC(=O)C(OC(C)(C)C)c1c(C)cn2nc(C(=O)O)cc2c1-c1ccc2c3c(ccnc13)CCO2. The smallest absolute Gasteiger partial charge is 0.356 e. The van der Waals surface area contributed by atoms with Gasteiger partial charge in [-0.05, 0) is 63.1 Å². The molecule has 9 heteroatoms. The van der Waals surface area contributed by atoms with Gasteiger partial charge < -0.3 is 19.3 Å². The van der Waals surface area contributed by atoms with Crippen LogP contribution in [0.1, 0.15) is 54.1 Å². The number of aryl methyl sites for hydroxylation is 1. The van der Waals surface area contributed by atoms with Gasteiger partial charge in [0.25, 0.3) is 0 Å². The Bertz CT molecular complexity index is 1520. The van der Waals surface area contributed by atoms with Crippen molar-refractivity contribution in [3.05, 3.63) is 59.0 Å². The second kappa shape index (κ2) is 8.60. The van der Waals surface area contributed by atoms with Crippen LogP contribution in [0, 0.1) is 6.92 Å². The number of carboxylic acid groups (broad SMARTS) is 1. The third kappa shape index (κ3) is 3.95. The molecule has 1 unspecified atom stereocenters. The van der Waals surface area contributed by atoms with Crippen LogP contribution in [0.2, 0.25) is 0 Å². The number of methoxy groups -OCH3 is 1. The van der Waals surface area contributed by atoms with E-state index in [1.165, 1.54) is 17.7 Å². The highest BCUT2D eigenvalue weighted by Gasteiger charge is 2.34. The Kier molecular flexibility index (Phi) is 5.67. The number of pyridine rings is 2. The van der Waals surface area contributed by atoms with Crippen LogP contribution in [-0.2, 0) is 20.7 Å². The number of ether oxygens (including phenoxy) is 3. The van der Waals surface area contributed by atoms with E-state index in [0.29, 0.717) is 39.9 Å². The fourth-order valence-corrected chi connectivity index (χ4v) is 4.78. The van der Waals surface area contributed by atoms with Crippen molar-refractivity contribution in [3.63, 3.8) is 0 Å². The minimum absolute atomic E-state index is 0.113. The summed E-state index contributed by atoms with van der Waals surface area (Å²) in [5, 5.41) is 14.8. The quantitative estimate of drug-likeness (QED) is 0.407. The van der Waals surface area contributed by atoms with Gasteiger partial charge in [0, 0.05) is 40.9 Å². The van der Waals surface area contributed by atoms with E-state index in [9.17, 15) is 14.7 Å². The average Bonchev–Trinajstić information content (AvgIpc) is 3.26. The molecule has 0 radical (unpaired) electrons. The van der Waals surface area contributed by atoms with Gasteiger partial charge in [0.15, 0.2) is 11.8 Å². The Morgan fingerprint density at radius 3 is 2.69 bits per heavy atom. The molecule has 1 aromatic carbocycles. The monoisotopic (exact) mass is 489 g/mol. The fourth-order valence-electron chi connectivity index (χ4n) is 4.78. The molecule has 186 valence electrons. The minimum Gasteiger partial charge on any atom is -0.493 e. The van der Waals surface area contributed by atoms with Crippen LogP contribution < -0.4 is 4.74 Å². The third-order valence-corrected chi connectivity index (χ3v) is 6.21. The number of hydrogen-bond donors (Lipinski definition) is 1. The van der Waals surface area contributed by atoms with E-state index < -0.39 is 23.6 Å². The molecular weight excluding hydrogens is 462 g/mol. The van der Waals surface area contributed by atoms with E-state index in [2.05, 4.69) is 5.10 Å². The van der Waals surface area contributed by atoms with E-state index in [-0.39, 0.29) is 5.69 Å². The summed E-state index contributed by atoms with van der Waals surface area (Å²) in [5.41, 5.74) is 4.11. The van der Waals surface area contributed by atoms with Crippen LogP contribution in [-0.4, -0.2) is 51.0 Å². The molecule has 0 amide bonds. The summed E-state index contributed by atoms with van der Waals surface area (Å²) >= 11 is 0. The van der Waals surface area contributed by atoms with E-state index in [0.717, 1.165) is 23.1 Å². The molecule has 36 heavy (non-hydrogen) atoms. The summed E-state index contributed by atoms with van der Waals surface area (Å²) in [7, 11) is 1.32. The Morgan fingerprint density at radius 1 is 1.22 bits per heavy atom. The van der Waals surface area contributed by atoms with Crippen molar-refractivity contribution in [1.82, 2.24) is 14.6 Å². The Labute approximate surface area is 207 Å². The van der Waals surface area contributed by atoms with Gasteiger partial charge in [0.1, 0.15) is 5.75 Å². The lowest BCUT2D eigenvalue weighted by molar-refractivity contribution is -0.164. The highest BCUT2D eigenvalue weighted by molar-refractivity contribution is 6.04. The Morgan fingerprint density at radius 2 is 2.00 bits per heavy atom. The lowest BCUT2D eigenvalue weighted by Crippen LogP contribution is -2.29. The number of carboxylic acids is 1. The largest absolute Gasteiger partial charge is 0.493 e. The van der Waals surface area contributed by atoms with Crippen molar-refractivity contribution in [3.8, 4) is 16.9 Å². The van der Waals surface area contributed by atoms with Crippen molar-refractivity contribution >= 4 is 28.4 Å². The van der Waals surface area contributed by atoms with E-state index in [4.69, 9.17) is 19.2 Å². The van der Waals surface area contributed by atoms with E-state index in [1.807, 2.05) is 45.9 Å². The molecule has 9 nitrogen and oxygen atoms in total. The van der Waals surface area contributed by atoms with Gasteiger partial charge in [-0.15, -0.1) is 0 Å². The maximum atomic E-state index is 13.1. The lowest BCUT2D eigenvalue weighted by atomic mass is 9.89. The summed E-state index contributed by atoms with van der Waals surface area (Å²) in [6.45, 7) is 8.00. The Hall–Kier alpha value is -3.98. The van der Waals surface area contributed by atoms with Crippen LogP contribution in [0.4, 0.5) is 0 Å². The van der Waals surface area contributed by atoms with Crippen LogP contribution in [0.3, 0.4) is 0 Å². The second-order valence-electron chi connectivity index (χ2n) is 9.80. The number of rotatable bonds is 5. The molecule has 0 fully saturated rings. The Balaban J connectivity index is 1.92. The van der Waals surface area contributed by atoms with Gasteiger partial charge in [-0.1, -0.05) is 0 Å². The normalized spacial score (nSPS) is 14.0. The minimum atomic E-state index is -1.15. The maximum absolute atomic E-state index is 13.1. The molecule has 1 aliphatic heterocycles. The zero-order valence-corrected chi connectivity index (χ0v) is 20.8. The number of fused-ring (bicyclic) bond motifs is 1. The number of carbonyl (C=O) groups is 2. The topological polar surface area (TPSA) is 112 Å². The first kappa shape index (κ1) is 23.7. The fraction of sp³-hybridized carbons (Fsp3) is 0.333. The summed E-state index contributed by atoms with van der Waals surface area (Å²) in [6, 6.07) is 7.25. The van der Waals surface area contributed by atoms with Crippen molar-refractivity contribution in [2.45, 2.75) is 45.8 Å². The highest BCUT2D eigenvalue weighted by Crippen LogP contribution is 2.44. The van der Waals surface area contributed by atoms with Crippen molar-refractivity contribution in [2.75, 3.05) is 13.7 Å². The number of hydrogen-bond acceptors (Lipinski definition) is 7. The molecule has 0 spiro atoms. The number of benzene rings is 1. The predicted molar refractivity (Wildman–Crippen MR) is 132 cm³/mol. The first-order chi connectivity index (χ1) is 17.1. The molecule has 4 heterocycles. The van der Waals surface area contributed by atoms with Crippen LogP contribution in [0.15, 0.2) is 36.7 Å². The van der Waals surface area contributed by atoms with Crippen LogP contribution in [0.25, 0.3) is 27.5 Å². The molecule has 5 rings (SSSR count). The standard InChI is InChI=1S/C27H27N3O6/c1-14-13-30-18(12-17(29-30)25(31)32)22(20(14)24(26(33)34-5)36-27(2,3)4)16-6-7-19-21-15(9-11-35-19)8-10-28-23(16)21/h6-8,10,12-13,24H,9,11H2,1-5H3,(H,31,32). The lowest BCUT2D eigenvalue weighted by Gasteiger charge is -2.29. The molecule has 1 atom stereocenters. The maximum Gasteiger partial charge on any atom is 0.356 e. The second-order valence-corrected chi connectivity index (χ2v) is 9.80. The van der Waals surface area contributed by atoms with Gasteiger partial charge in [-0.3, -0.25) is 4.98 Å². The van der Waals surface area contributed by atoms with Gasteiger partial charge in [0.2, 0.25) is 0 Å². The average molecular weight is 490 g/mol. The van der Waals surface area contributed by atoms with Gasteiger partial charge >= 0.3 is 11.9 Å². The van der Waals surface area contributed by atoms with Crippen LogP contribution in [0.5, 0.6) is 5.75 Å². The molecule has 1 aliphatic rings. The first-order valence-corrected chi connectivity index (χ1v) is 11.6. The number of nitrogens with zero attached hydrogens (tertiary/aromatic N) is 3. The molecule has 0 saturated heterocycles. The third-order valence-electron chi connectivity index (χ3n) is 6.21. The molecule has 0 bridgehead atoms. The molecular formula is C27H27N3O6. The predicted octanol–water partition coefficient (Wildman–Crippen LogP) is 4.52. The van der Waals surface area contributed by atoms with E-state index >= 15 is 0 Å².